The van der Waals surface area contributed by atoms with Gasteiger partial charge in [-0.2, -0.15) is 4.98 Å². The van der Waals surface area contributed by atoms with Gasteiger partial charge in [-0.1, -0.05) is 23.7 Å². The van der Waals surface area contributed by atoms with E-state index in [1.807, 2.05) is 6.92 Å². The number of halogens is 2. The van der Waals surface area contributed by atoms with Gasteiger partial charge in [0.15, 0.2) is 6.61 Å². The zero-order valence-corrected chi connectivity index (χ0v) is 12.7. The molecule has 0 atom stereocenters. The minimum Gasteiger partial charge on any atom is -0.484 e. The number of aryl methyl sites for hydroxylation is 1. The number of benzene rings is 1. The van der Waals surface area contributed by atoms with Crippen molar-refractivity contribution in [3.63, 3.8) is 0 Å². The van der Waals surface area contributed by atoms with Crippen molar-refractivity contribution in [2.45, 2.75) is 24.8 Å². The summed E-state index contributed by atoms with van der Waals surface area (Å²) in [5, 5.41) is 3.93. The van der Waals surface area contributed by atoms with Crippen LogP contribution in [0.1, 0.15) is 18.6 Å². The van der Waals surface area contributed by atoms with Crippen molar-refractivity contribution in [1.29, 1.82) is 0 Å². The van der Waals surface area contributed by atoms with E-state index in [0.29, 0.717) is 18.1 Å². The van der Waals surface area contributed by atoms with Crippen molar-refractivity contribution in [3.8, 4) is 5.75 Å². The second-order valence-corrected chi connectivity index (χ2v) is 6.75. The normalized spacial score (nSPS) is 11.6. The van der Waals surface area contributed by atoms with Gasteiger partial charge in [0, 0.05) is 22.1 Å². The Morgan fingerprint density at radius 1 is 1.40 bits per heavy atom. The minimum absolute atomic E-state index is 0.0372. The van der Waals surface area contributed by atoms with E-state index in [-0.39, 0.29) is 22.3 Å². The Morgan fingerprint density at radius 3 is 2.75 bits per heavy atom. The largest absolute Gasteiger partial charge is 0.484 e. The molecule has 20 heavy (non-hydrogen) atoms. The Hall–Kier alpha value is -1.31. The quantitative estimate of drug-likeness (QED) is 0.780. The molecule has 0 radical (unpaired) electrons. The van der Waals surface area contributed by atoms with E-state index in [1.165, 1.54) is 18.2 Å². The number of rotatable bonds is 5. The van der Waals surface area contributed by atoms with Crippen LogP contribution in [-0.4, -0.2) is 18.6 Å². The third kappa shape index (κ3) is 3.62. The number of aromatic nitrogens is 2. The molecule has 108 valence electrons. The highest BCUT2D eigenvalue weighted by molar-refractivity contribution is 8.13. The summed E-state index contributed by atoms with van der Waals surface area (Å²) in [5.41, 5.74) is 0. The van der Waals surface area contributed by atoms with Crippen LogP contribution in [0.5, 0.6) is 5.75 Å². The monoisotopic (exact) mass is 336 g/mol. The van der Waals surface area contributed by atoms with Gasteiger partial charge >= 0.3 is 0 Å². The smallest absolute Gasteiger partial charge is 0.265 e. The lowest BCUT2D eigenvalue weighted by molar-refractivity contribution is 0.278. The Balaban J connectivity index is 2.21. The van der Waals surface area contributed by atoms with E-state index in [4.69, 9.17) is 31.5 Å². The second-order valence-electron chi connectivity index (χ2n) is 3.78. The summed E-state index contributed by atoms with van der Waals surface area (Å²) >= 11 is 5.74. The van der Waals surface area contributed by atoms with E-state index in [0.717, 1.165) is 0 Å². The van der Waals surface area contributed by atoms with Crippen LogP contribution in [0.25, 0.3) is 0 Å². The molecule has 1 aromatic heterocycles. The first kappa shape index (κ1) is 15.1. The Labute approximate surface area is 125 Å². The average molecular weight is 337 g/mol. The van der Waals surface area contributed by atoms with Crippen LogP contribution in [-0.2, 0) is 22.1 Å². The maximum Gasteiger partial charge on any atom is 0.265 e. The molecule has 2 rings (SSSR count). The molecule has 0 unspecified atom stereocenters. The van der Waals surface area contributed by atoms with Gasteiger partial charge in [-0.15, -0.1) is 0 Å². The highest BCUT2D eigenvalue weighted by Gasteiger charge is 2.18. The molecule has 0 amide bonds. The van der Waals surface area contributed by atoms with Gasteiger partial charge in [0.1, 0.15) is 10.6 Å². The molecule has 0 bridgehead atoms. The van der Waals surface area contributed by atoms with Crippen molar-refractivity contribution >= 4 is 31.3 Å². The first-order valence-corrected chi connectivity index (χ1v) is 8.27. The second kappa shape index (κ2) is 5.99. The molecular formula is C11H10Cl2N2O4S. The third-order valence-electron chi connectivity index (χ3n) is 2.34. The molecular weight excluding hydrogens is 327 g/mol. The standard InChI is InChI=1S/C11H10Cl2N2O4S/c1-2-11-14-10(15-19-11)6-18-8-4-3-7(12)5-9(8)20(13,16)17/h3-5H,2,6H2,1H3. The third-order valence-corrected chi connectivity index (χ3v) is 3.92. The lowest BCUT2D eigenvalue weighted by Gasteiger charge is -2.08. The summed E-state index contributed by atoms with van der Waals surface area (Å²) in [4.78, 5) is 3.84. The van der Waals surface area contributed by atoms with Crippen molar-refractivity contribution in [1.82, 2.24) is 10.1 Å². The summed E-state index contributed by atoms with van der Waals surface area (Å²) in [6.45, 7) is 1.83. The number of hydrogen-bond acceptors (Lipinski definition) is 6. The zero-order chi connectivity index (χ0) is 14.8. The van der Waals surface area contributed by atoms with Crippen molar-refractivity contribution < 1.29 is 17.7 Å². The lowest BCUT2D eigenvalue weighted by Crippen LogP contribution is -2.02. The van der Waals surface area contributed by atoms with Gasteiger partial charge in [-0.3, -0.25) is 0 Å². The van der Waals surface area contributed by atoms with Gasteiger partial charge in [-0.25, -0.2) is 8.42 Å². The fraction of sp³-hybridized carbons (Fsp3) is 0.273. The lowest BCUT2D eigenvalue weighted by atomic mass is 10.3. The summed E-state index contributed by atoms with van der Waals surface area (Å²) in [6, 6.07) is 4.13. The average Bonchev–Trinajstić information content (AvgIpc) is 2.84. The summed E-state index contributed by atoms with van der Waals surface area (Å²) in [5.74, 6) is 0.867. The van der Waals surface area contributed by atoms with E-state index >= 15 is 0 Å². The minimum atomic E-state index is -3.96. The van der Waals surface area contributed by atoms with Crippen LogP contribution < -0.4 is 4.74 Å². The molecule has 0 aliphatic rings. The topological polar surface area (TPSA) is 82.3 Å². The van der Waals surface area contributed by atoms with Crippen LogP contribution in [0.2, 0.25) is 5.02 Å². The summed E-state index contributed by atoms with van der Waals surface area (Å²) in [6.07, 6.45) is 0.606. The van der Waals surface area contributed by atoms with Gasteiger partial charge in [-0.05, 0) is 18.2 Å². The van der Waals surface area contributed by atoms with Crippen LogP contribution in [0.4, 0.5) is 0 Å². The predicted molar refractivity (Wildman–Crippen MR) is 72.5 cm³/mol. The highest BCUT2D eigenvalue weighted by atomic mass is 35.7. The summed E-state index contributed by atoms with van der Waals surface area (Å²) in [7, 11) is 1.37. The van der Waals surface area contributed by atoms with Crippen LogP contribution >= 0.6 is 22.3 Å². The summed E-state index contributed by atoms with van der Waals surface area (Å²) < 4.78 is 33.2. The number of hydrogen-bond donors (Lipinski definition) is 0. The molecule has 1 heterocycles. The Morgan fingerprint density at radius 2 is 2.15 bits per heavy atom. The Bertz CT molecular complexity index is 715. The molecule has 0 fully saturated rings. The van der Waals surface area contributed by atoms with E-state index in [1.54, 1.807) is 0 Å². The van der Waals surface area contributed by atoms with Crippen LogP contribution in [0, 0.1) is 0 Å². The van der Waals surface area contributed by atoms with Gasteiger partial charge < -0.3 is 9.26 Å². The van der Waals surface area contributed by atoms with E-state index in [2.05, 4.69) is 10.1 Å². The number of nitrogens with zero attached hydrogens (tertiary/aromatic N) is 2. The van der Waals surface area contributed by atoms with Crippen LogP contribution in [0.15, 0.2) is 27.6 Å². The molecule has 0 saturated carbocycles. The molecule has 0 aliphatic carbocycles. The van der Waals surface area contributed by atoms with Gasteiger partial charge in [0.25, 0.3) is 9.05 Å². The van der Waals surface area contributed by atoms with Crippen molar-refractivity contribution in [3.05, 3.63) is 34.9 Å². The Kier molecular flexibility index (Phi) is 4.52. The molecule has 6 nitrogen and oxygen atoms in total. The maximum absolute atomic E-state index is 11.4. The maximum atomic E-state index is 11.4. The molecule has 0 aliphatic heterocycles. The molecule has 2 aromatic rings. The van der Waals surface area contributed by atoms with Crippen LogP contribution in [0.3, 0.4) is 0 Å². The molecule has 9 heteroatoms. The molecule has 1 aromatic carbocycles. The number of ether oxygens (including phenoxy) is 1. The fourth-order valence-electron chi connectivity index (χ4n) is 1.43. The van der Waals surface area contributed by atoms with Gasteiger partial charge in [0.05, 0.1) is 0 Å². The zero-order valence-electron chi connectivity index (χ0n) is 10.3. The molecule has 0 saturated heterocycles. The van der Waals surface area contributed by atoms with Gasteiger partial charge in [0.2, 0.25) is 11.7 Å². The first-order valence-electron chi connectivity index (χ1n) is 5.58. The molecule has 0 N–H and O–H groups in total. The highest BCUT2D eigenvalue weighted by Crippen LogP contribution is 2.30. The fourth-order valence-corrected chi connectivity index (χ4v) is 2.66. The van der Waals surface area contributed by atoms with Crippen molar-refractivity contribution in [2.24, 2.45) is 0 Å². The molecule has 0 spiro atoms. The predicted octanol–water partition coefficient (Wildman–Crippen LogP) is 2.79. The van der Waals surface area contributed by atoms with Crippen molar-refractivity contribution in [2.75, 3.05) is 0 Å². The van der Waals surface area contributed by atoms with E-state index < -0.39 is 9.05 Å². The first-order chi connectivity index (χ1) is 9.40. The van der Waals surface area contributed by atoms with E-state index in [9.17, 15) is 8.42 Å². The SMILES string of the molecule is CCc1nc(COc2ccc(Cl)cc2S(=O)(=O)Cl)no1.